The van der Waals surface area contributed by atoms with Gasteiger partial charge in [0, 0.05) is 25.1 Å². The van der Waals surface area contributed by atoms with Crippen molar-refractivity contribution >= 4 is 17.4 Å². The number of rotatable bonds is 3. The molecule has 0 aliphatic carbocycles. The van der Waals surface area contributed by atoms with Crippen LogP contribution in [0.3, 0.4) is 0 Å². The lowest BCUT2D eigenvalue weighted by Crippen LogP contribution is -2.39. The summed E-state index contributed by atoms with van der Waals surface area (Å²) in [7, 11) is 0. The standard InChI is InChI=1S/C15H18N2O4/c18-12-3-1-10(11-2-4-14(20)16-15(11)12)13(19)9-17-5-7-21-8-6-17/h1,3,18H,2,4-9H2,(H,16,20). The van der Waals surface area contributed by atoms with Gasteiger partial charge in [0.05, 0.1) is 25.4 Å². The van der Waals surface area contributed by atoms with Crippen LogP contribution in [0.4, 0.5) is 5.69 Å². The molecule has 2 aliphatic heterocycles. The zero-order valence-corrected chi connectivity index (χ0v) is 11.7. The molecule has 1 amide bonds. The number of ketones is 1. The Morgan fingerprint density at radius 3 is 2.81 bits per heavy atom. The molecule has 0 spiro atoms. The molecule has 2 N–H and O–H groups in total. The summed E-state index contributed by atoms with van der Waals surface area (Å²) >= 11 is 0. The van der Waals surface area contributed by atoms with Crippen molar-refractivity contribution in [2.24, 2.45) is 0 Å². The molecule has 1 aromatic rings. The lowest BCUT2D eigenvalue weighted by Gasteiger charge is -2.27. The monoisotopic (exact) mass is 290 g/mol. The molecule has 1 fully saturated rings. The highest BCUT2D eigenvalue weighted by molar-refractivity contribution is 6.04. The Kier molecular flexibility index (Phi) is 3.90. The number of ether oxygens (including phenoxy) is 1. The normalized spacial score (nSPS) is 19.0. The van der Waals surface area contributed by atoms with E-state index in [4.69, 9.17) is 4.74 Å². The number of fused-ring (bicyclic) bond motifs is 1. The maximum Gasteiger partial charge on any atom is 0.224 e. The number of Topliss-reactive ketones (excluding diaryl/α,β-unsaturated/α-hetero) is 1. The number of phenolic OH excluding ortho intramolecular Hbond substituents is 1. The summed E-state index contributed by atoms with van der Waals surface area (Å²) in [6.07, 6.45) is 0.827. The van der Waals surface area contributed by atoms with E-state index in [2.05, 4.69) is 10.2 Å². The minimum atomic E-state index is -0.129. The molecule has 0 bridgehead atoms. The molecule has 1 aromatic carbocycles. The van der Waals surface area contributed by atoms with Gasteiger partial charge in [0.1, 0.15) is 5.75 Å². The quantitative estimate of drug-likeness (QED) is 0.635. The Labute approximate surface area is 122 Å². The van der Waals surface area contributed by atoms with Crippen molar-refractivity contribution in [3.63, 3.8) is 0 Å². The molecule has 6 heteroatoms. The SMILES string of the molecule is O=C1CCc2c(C(=O)CN3CCOCC3)ccc(O)c2N1. The van der Waals surface area contributed by atoms with Crippen LogP contribution in [0, 0.1) is 0 Å². The van der Waals surface area contributed by atoms with Gasteiger partial charge in [-0.15, -0.1) is 0 Å². The molecule has 1 saturated heterocycles. The third kappa shape index (κ3) is 2.91. The summed E-state index contributed by atoms with van der Waals surface area (Å²) in [6, 6.07) is 3.12. The zero-order valence-electron chi connectivity index (χ0n) is 11.7. The maximum absolute atomic E-state index is 12.5. The minimum absolute atomic E-state index is 0.0148. The van der Waals surface area contributed by atoms with Gasteiger partial charge in [-0.3, -0.25) is 14.5 Å². The van der Waals surface area contributed by atoms with Gasteiger partial charge in [-0.25, -0.2) is 0 Å². The molecule has 0 unspecified atom stereocenters. The van der Waals surface area contributed by atoms with Crippen molar-refractivity contribution in [3.8, 4) is 5.75 Å². The number of carbonyl (C=O) groups excluding carboxylic acids is 2. The first kappa shape index (κ1) is 14.0. The molecule has 0 aromatic heterocycles. The van der Waals surface area contributed by atoms with Gasteiger partial charge in [0.2, 0.25) is 5.91 Å². The number of morpholine rings is 1. The van der Waals surface area contributed by atoms with E-state index in [1.165, 1.54) is 6.07 Å². The summed E-state index contributed by atoms with van der Waals surface area (Å²) < 4.78 is 5.27. The summed E-state index contributed by atoms with van der Waals surface area (Å²) in [5.41, 5.74) is 1.72. The van der Waals surface area contributed by atoms with Crippen molar-refractivity contribution in [1.29, 1.82) is 0 Å². The number of carbonyl (C=O) groups is 2. The Bertz CT molecular complexity index is 579. The van der Waals surface area contributed by atoms with Crippen LogP contribution in [0.2, 0.25) is 0 Å². The second-order valence-electron chi connectivity index (χ2n) is 5.35. The van der Waals surface area contributed by atoms with E-state index in [9.17, 15) is 14.7 Å². The highest BCUT2D eigenvalue weighted by Gasteiger charge is 2.25. The van der Waals surface area contributed by atoms with Gasteiger partial charge in [-0.05, 0) is 24.1 Å². The average molecular weight is 290 g/mol. The Hall–Kier alpha value is -1.92. The van der Waals surface area contributed by atoms with Crippen LogP contribution in [-0.2, 0) is 16.0 Å². The van der Waals surface area contributed by atoms with E-state index in [1.807, 2.05) is 0 Å². The van der Waals surface area contributed by atoms with Gasteiger partial charge in [0.15, 0.2) is 5.78 Å². The van der Waals surface area contributed by atoms with Crippen molar-refractivity contribution in [3.05, 3.63) is 23.3 Å². The zero-order chi connectivity index (χ0) is 14.8. The first-order chi connectivity index (χ1) is 10.1. The number of nitrogens with one attached hydrogen (secondary N) is 1. The second kappa shape index (κ2) is 5.83. The van der Waals surface area contributed by atoms with Crippen molar-refractivity contribution in [2.45, 2.75) is 12.8 Å². The first-order valence-corrected chi connectivity index (χ1v) is 7.13. The largest absolute Gasteiger partial charge is 0.506 e. The smallest absolute Gasteiger partial charge is 0.224 e. The number of nitrogens with zero attached hydrogens (tertiary/aromatic N) is 1. The van der Waals surface area contributed by atoms with Crippen LogP contribution in [0.15, 0.2) is 12.1 Å². The van der Waals surface area contributed by atoms with E-state index < -0.39 is 0 Å². The Morgan fingerprint density at radius 1 is 1.29 bits per heavy atom. The number of amides is 1. The number of aromatic hydroxyl groups is 1. The molecule has 112 valence electrons. The molecule has 2 aliphatic rings. The summed E-state index contributed by atoms with van der Waals surface area (Å²) in [5, 5.41) is 12.5. The minimum Gasteiger partial charge on any atom is -0.506 e. The molecular formula is C15H18N2O4. The van der Waals surface area contributed by atoms with Gasteiger partial charge in [0.25, 0.3) is 0 Å². The van der Waals surface area contributed by atoms with Crippen molar-refractivity contribution in [2.75, 3.05) is 38.2 Å². The van der Waals surface area contributed by atoms with Crippen LogP contribution < -0.4 is 5.32 Å². The predicted molar refractivity (Wildman–Crippen MR) is 76.6 cm³/mol. The number of hydrogen-bond donors (Lipinski definition) is 2. The number of hydrogen-bond acceptors (Lipinski definition) is 5. The predicted octanol–water partition coefficient (Wildman–Crippen LogP) is 0.792. The third-order valence-corrected chi connectivity index (χ3v) is 3.93. The topological polar surface area (TPSA) is 78.9 Å². The van der Waals surface area contributed by atoms with Crippen LogP contribution in [0.1, 0.15) is 22.3 Å². The number of phenols is 1. The van der Waals surface area contributed by atoms with E-state index in [0.717, 1.165) is 18.7 Å². The average Bonchev–Trinajstić information content (AvgIpc) is 2.49. The van der Waals surface area contributed by atoms with Crippen LogP contribution in [0.25, 0.3) is 0 Å². The maximum atomic E-state index is 12.5. The highest BCUT2D eigenvalue weighted by atomic mass is 16.5. The number of anilines is 1. The number of benzene rings is 1. The molecule has 0 atom stereocenters. The molecular weight excluding hydrogens is 272 g/mol. The summed E-state index contributed by atoms with van der Waals surface area (Å²) in [6.45, 7) is 3.15. The summed E-state index contributed by atoms with van der Waals surface area (Å²) in [5.74, 6) is -0.0964. The molecule has 3 rings (SSSR count). The van der Waals surface area contributed by atoms with Gasteiger partial charge >= 0.3 is 0 Å². The lowest BCUT2D eigenvalue weighted by atomic mass is 9.94. The molecule has 21 heavy (non-hydrogen) atoms. The summed E-state index contributed by atoms with van der Waals surface area (Å²) in [4.78, 5) is 26.0. The van der Waals surface area contributed by atoms with E-state index in [0.29, 0.717) is 43.9 Å². The molecule has 2 heterocycles. The van der Waals surface area contributed by atoms with Crippen LogP contribution >= 0.6 is 0 Å². The van der Waals surface area contributed by atoms with Crippen LogP contribution in [0.5, 0.6) is 5.75 Å². The molecule has 6 nitrogen and oxygen atoms in total. The van der Waals surface area contributed by atoms with Crippen molar-refractivity contribution < 1.29 is 19.4 Å². The van der Waals surface area contributed by atoms with Gasteiger partial charge < -0.3 is 15.2 Å². The van der Waals surface area contributed by atoms with Crippen LogP contribution in [-0.4, -0.2) is 54.5 Å². The van der Waals surface area contributed by atoms with Crippen molar-refractivity contribution in [1.82, 2.24) is 4.90 Å². The fourth-order valence-electron chi connectivity index (χ4n) is 2.78. The molecule has 0 saturated carbocycles. The highest BCUT2D eigenvalue weighted by Crippen LogP contribution is 2.34. The second-order valence-corrected chi connectivity index (χ2v) is 5.35. The van der Waals surface area contributed by atoms with Gasteiger partial charge in [-0.1, -0.05) is 0 Å². The van der Waals surface area contributed by atoms with Gasteiger partial charge in [-0.2, -0.15) is 0 Å². The van der Waals surface area contributed by atoms with E-state index >= 15 is 0 Å². The lowest BCUT2D eigenvalue weighted by molar-refractivity contribution is -0.116. The Balaban J connectivity index is 1.83. The fraction of sp³-hybridized carbons (Fsp3) is 0.467. The Morgan fingerprint density at radius 2 is 2.05 bits per heavy atom. The van der Waals surface area contributed by atoms with E-state index in [1.54, 1.807) is 6.07 Å². The first-order valence-electron chi connectivity index (χ1n) is 7.13. The molecule has 0 radical (unpaired) electrons. The van der Waals surface area contributed by atoms with E-state index in [-0.39, 0.29) is 17.4 Å². The third-order valence-electron chi connectivity index (χ3n) is 3.93. The fourth-order valence-corrected chi connectivity index (χ4v) is 2.78.